The van der Waals surface area contributed by atoms with Gasteiger partial charge in [-0.3, -0.25) is 9.89 Å². The molecule has 1 unspecified atom stereocenters. The van der Waals surface area contributed by atoms with Crippen molar-refractivity contribution in [3.05, 3.63) is 71.5 Å². The van der Waals surface area contributed by atoms with E-state index in [0.717, 1.165) is 22.4 Å². The zero-order chi connectivity index (χ0) is 15.8. The van der Waals surface area contributed by atoms with E-state index in [-0.39, 0.29) is 24.1 Å². The van der Waals surface area contributed by atoms with Crippen molar-refractivity contribution in [3.63, 3.8) is 0 Å². The normalized spacial score (nSPS) is 16.7. The Bertz CT molecular complexity index is 873. The number of carbonyl (C=O) groups is 1. The van der Waals surface area contributed by atoms with Crippen LogP contribution in [-0.2, 0) is 4.79 Å². The number of H-pyrrole nitrogens is 1. The van der Waals surface area contributed by atoms with Gasteiger partial charge >= 0.3 is 0 Å². The van der Waals surface area contributed by atoms with Crippen LogP contribution in [0.15, 0.2) is 54.6 Å². The number of rotatable bonds is 2. The highest BCUT2D eigenvalue weighted by Crippen LogP contribution is 2.41. The van der Waals surface area contributed by atoms with Crippen LogP contribution in [0.4, 0.5) is 10.2 Å². The van der Waals surface area contributed by atoms with Crippen LogP contribution >= 0.6 is 0 Å². The number of nitrogens with one attached hydrogen (secondary N) is 2. The molecule has 0 fully saturated rings. The summed E-state index contributed by atoms with van der Waals surface area (Å²) < 4.78 is 13.6. The number of aromatic nitrogens is 2. The number of fused-ring (bicyclic) bond motifs is 1. The summed E-state index contributed by atoms with van der Waals surface area (Å²) in [6, 6.07) is 16.2. The van der Waals surface area contributed by atoms with E-state index >= 15 is 0 Å². The first-order chi connectivity index (χ1) is 11.2. The van der Waals surface area contributed by atoms with E-state index in [2.05, 4.69) is 15.5 Å². The predicted octanol–water partition coefficient (Wildman–Crippen LogP) is 3.69. The number of hydrogen-bond acceptors (Lipinski definition) is 2. The van der Waals surface area contributed by atoms with Gasteiger partial charge in [0.15, 0.2) is 5.82 Å². The Morgan fingerprint density at radius 1 is 1.09 bits per heavy atom. The third-order valence-corrected chi connectivity index (χ3v) is 4.11. The molecule has 23 heavy (non-hydrogen) atoms. The molecule has 1 aliphatic heterocycles. The Hall–Kier alpha value is -2.95. The third-order valence-electron chi connectivity index (χ3n) is 4.11. The van der Waals surface area contributed by atoms with Crippen molar-refractivity contribution in [2.45, 2.75) is 12.3 Å². The average molecular weight is 307 g/mol. The van der Waals surface area contributed by atoms with Crippen molar-refractivity contribution in [3.8, 4) is 11.3 Å². The summed E-state index contributed by atoms with van der Waals surface area (Å²) in [5, 5.41) is 10.0. The number of aromatic amines is 1. The molecule has 0 bridgehead atoms. The Morgan fingerprint density at radius 2 is 1.91 bits per heavy atom. The van der Waals surface area contributed by atoms with Crippen molar-refractivity contribution in [1.82, 2.24) is 10.2 Å². The van der Waals surface area contributed by atoms with Crippen molar-refractivity contribution >= 4 is 11.7 Å². The van der Waals surface area contributed by atoms with Gasteiger partial charge in [-0.2, -0.15) is 5.10 Å². The molecule has 2 N–H and O–H groups in total. The zero-order valence-electron chi connectivity index (χ0n) is 12.2. The van der Waals surface area contributed by atoms with E-state index < -0.39 is 0 Å². The fourth-order valence-electron chi connectivity index (χ4n) is 3.09. The summed E-state index contributed by atoms with van der Waals surface area (Å²) >= 11 is 0. The topological polar surface area (TPSA) is 57.8 Å². The number of amides is 1. The lowest BCUT2D eigenvalue weighted by Crippen LogP contribution is -2.23. The van der Waals surface area contributed by atoms with E-state index in [1.165, 1.54) is 12.1 Å². The maximum Gasteiger partial charge on any atom is 0.226 e. The van der Waals surface area contributed by atoms with Crippen LogP contribution in [0.2, 0.25) is 0 Å². The molecule has 1 atom stereocenters. The van der Waals surface area contributed by atoms with Crippen LogP contribution in [0.25, 0.3) is 11.3 Å². The van der Waals surface area contributed by atoms with Crippen LogP contribution in [-0.4, -0.2) is 16.1 Å². The van der Waals surface area contributed by atoms with Gasteiger partial charge in [-0.15, -0.1) is 0 Å². The van der Waals surface area contributed by atoms with Gasteiger partial charge in [-0.1, -0.05) is 42.5 Å². The lowest BCUT2D eigenvalue weighted by Gasteiger charge is -2.23. The van der Waals surface area contributed by atoms with E-state index in [9.17, 15) is 9.18 Å². The second-order valence-electron chi connectivity index (χ2n) is 5.59. The summed E-state index contributed by atoms with van der Waals surface area (Å²) in [4.78, 5) is 12.0. The highest BCUT2D eigenvalue weighted by Gasteiger charge is 2.32. The van der Waals surface area contributed by atoms with Gasteiger partial charge in [-0.25, -0.2) is 4.39 Å². The number of benzene rings is 2. The van der Waals surface area contributed by atoms with Gasteiger partial charge in [0.2, 0.25) is 5.91 Å². The smallest absolute Gasteiger partial charge is 0.226 e. The Balaban J connectivity index is 1.88. The first-order valence-corrected chi connectivity index (χ1v) is 7.41. The molecule has 5 heteroatoms. The molecule has 114 valence electrons. The molecule has 0 saturated heterocycles. The second-order valence-corrected chi connectivity index (χ2v) is 5.59. The van der Waals surface area contributed by atoms with Crippen LogP contribution in [0.5, 0.6) is 0 Å². The van der Waals surface area contributed by atoms with Gasteiger partial charge in [-0.05, 0) is 23.3 Å². The van der Waals surface area contributed by atoms with Crippen LogP contribution in [0, 0.1) is 5.82 Å². The molecule has 1 amide bonds. The minimum absolute atomic E-state index is 0.113. The minimum atomic E-state index is -0.306. The number of halogens is 1. The molecule has 2 aromatic carbocycles. The van der Waals surface area contributed by atoms with E-state index in [0.29, 0.717) is 5.82 Å². The van der Waals surface area contributed by atoms with Crippen molar-refractivity contribution in [1.29, 1.82) is 0 Å². The molecule has 3 aromatic rings. The monoisotopic (exact) mass is 307 g/mol. The number of anilines is 1. The third kappa shape index (κ3) is 2.40. The summed E-state index contributed by atoms with van der Waals surface area (Å²) in [6.07, 6.45) is 0.274. The first kappa shape index (κ1) is 13.7. The van der Waals surface area contributed by atoms with E-state index in [1.807, 2.05) is 36.4 Å². The number of carbonyl (C=O) groups excluding carboxylic acids is 1. The van der Waals surface area contributed by atoms with Crippen LogP contribution in [0.1, 0.15) is 23.5 Å². The zero-order valence-corrected chi connectivity index (χ0v) is 12.2. The molecule has 2 heterocycles. The summed E-state index contributed by atoms with van der Waals surface area (Å²) in [5.41, 5.74) is 3.52. The van der Waals surface area contributed by atoms with Crippen molar-refractivity contribution < 1.29 is 9.18 Å². The fourth-order valence-corrected chi connectivity index (χ4v) is 3.09. The van der Waals surface area contributed by atoms with Crippen molar-refractivity contribution in [2.24, 2.45) is 0 Å². The Labute approximate surface area is 132 Å². The summed E-state index contributed by atoms with van der Waals surface area (Å²) in [7, 11) is 0. The highest BCUT2D eigenvalue weighted by atomic mass is 19.1. The Kier molecular flexibility index (Phi) is 3.19. The van der Waals surface area contributed by atoms with Gasteiger partial charge in [0.25, 0.3) is 0 Å². The summed E-state index contributed by atoms with van der Waals surface area (Å²) in [5.74, 6) is -0.115. The number of hydrogen-bond donors (Lipinski definition) is 2. The number of nitrogens with zero attached hydrogens (tertiary/aromatic N) is 1. The molecule has 4 rings (SSSR count). The predicted molar refractivity (Wildman–Crippen MR) is 85.5 cm³/mol. The average Bonchev–Trinajstić information content (AvgIpc) is 2.98. The minimum Gasteiger partial charge on any atom is -0.309 e. The first-order valence-electron chi connectivity index (χ1n) is 7.41. The lowest BCUT2D eigenvalue weighted by atomic mass is 9.84. The molecule has 0 spiro atoms. The molecule has 1 aliphatic rings. The second kappa shape index (κ2) is 5.35. The van der Waals surface area contributed by atoms with Gasteiger partial charge < -0.3 is 5.32 Å². The van der Waals surface area contributed by atoms with Gasteiger partial charge in [0, 0.05) is 17.9 Å². The highest BCUT2D eigenvalue weighted by molar-refractivity contribution is 5.96. The molecular weight excluding hydrogens is 293 g/mol. The van der Waals surface area contributed by atoms with Gasteiger partial charge in [0.05, 0.1) is 5.69 Å². The van der Waals surface area contributed by atoms with Crippen LogP contribution in [0.3, 0.4) is 0 Å². The maximum atomic E-state index is 13.6. The molecule has 1 aromatic heterocycles. The molecule has 4 nitrogen and oxygen atoms in total. The Morgan fingerprint density at radius 3 is 2.70 bits per heavy atom. The standard InChI is InChI=1S/C18H14FN3O/c19-13-8-4-7-12(9-13)14-10-15(23)20-18-16(14)17(21-22-18)11-5-2-1-3-6-11/h1-9,14H,10H2,(H2,20,21,22,23). The summed E-state index contributed by atoms with van der Waals surface area (Å²) in [6.45, 7) is 0. The maximum absolute atomic E-state index is 13.6. The lowest BCUT2D eigenvalue weighted by molar-refractivity contribution is -0.116. The molecule has 0 radical (unpaired) electrons. The van der Waals surface area contributed by atoms with Gasteiger partial charge in [0.1, 0.15) is 5.82 Å². The van der Waals surface area contributed by atoms with E-state index in [1.54, 1.807) is 6.07 Å². The molecular formula is C18H14FN3O. The van der Waals surface area contributed by atoms with Crippen LogP contribution < -0.4 is 5.32 Å². The van der Waals surface area contributed by atoms with Crippen molar-refractivity contribution in [2.75, 3.05) is 5.32 Å². The largest absolute Gasteiger partial charge is 0.309 e. The molecule has 0 aliphatic carbocycles. The fraction of sp³-hybridized carbons (Fsp3) is 0.111. The quantitative estimate of drug-likeness (QED) is 0.758. The SMILES string of the molecule is O=C1CC(c2cccc(F)c2)c2c(n[nH]c2-c2ccccc2)N1. The van der Waals surface area contributed by atoms with E-state index in [4.69, 9.17) is 0 Å². The molecule has 0 saturated carbocycles.